The standard InChI is InChI=1S/C16H23N3/c1-4-10-17-16(14(3)19-12-5-11-18-19)15-8-6-13(2)7-9-15/h5-9,11-12,14,16-17H,4,10H2,1-3H3. The zero-order chi connectivity index (χ0) is 13.7. The smallest absolute Gasteiger partial charge is 0.0685 e. The van der Waals surface area contributed by atoms with Gasteiger partial charge >= 0.3 is 0 Å². The van der Waals surface area contributed by atoms with Crippen LogP contribution in [0.25, 0.3) is 0 Å². The Kier molecular flexibility index (Phi) is 4.74. The summed E-state index contributed by atoms with van der Waals surface area (Å²) in [6.07, 6.45) is 5.00. The van der Waals surface area contributed by atoms with Gasteiger partial charge in [0.05, 0.1) is 12.1 Å². The van der Waals surface area contributed by atoms with Crippen molar-refractivity contribution < 1.29 is 0 Å². The third-order valence-corrected chi connectivity index (χ3v) is 3.48. The Hall–Kier alpha value is -1.61. The third-order valence-electron chi connectivity index (χ3n) is 3.48. The van der Waals surface area contributed by atoms with Crippen molar-refractivity contribution in [3.63, 3.8) is 0 Å². The Labute approximate surface area is 115 Å². The van der Waals surface area contributed by atoms with Gasteiger partial charge in [-0.3, -0.25) is 4.68 Å². The SMILES string of the molecule is CCCNC(c1ccc(C)cc1)C(C)n1cccn1. The Morgan fingerprint density at radius 2 is 2.00 bits per heavy atom. The predicted molar refractivity (Wildman–Crippen MR) is 79.2 cm³/mol. The molecule has 1 heterocycles. The molecule has 0 aliphatic carbocycles. The minimum atomic E-state index is 0.292. The molecule has 0 aliphatic heterocycles. The van der Waals surface area contributed by atoms with E-state index in [4.69, 9.17) is 0 Å². The van der Waals surface area contributed by atoms with Crippen molar-refractivity contribution in [3.05, 3.63) is 53.9 Å². The number of hydrogen-bond acceptors (Lipinski definition) is 2. The molecule has 1 N–H and O–H groups in total. The first-order valence-electron chi connectivity index (χ1n) is 7.01. The molecular weight excluding hydrogens is 234 g/mol. The molecule has 0 saturated carbocycles. The summed E-state index contributed by atoms with van der Waals surface area (Å²) in [5.41, 5.74) is 2.62. The van der Waals surface area contributed by atoms with Crippen LogP contribution in [0.3, 0.4) is 0 Å². The molecule has 0 saturated heterocycles. The molecule has 102 valence electrons. The summed E-state index contributed by atoms with van der Waals surface area (Å²) in [5, 5.41) is 8.00. The molecule has 0 radical (unpaired) electrons. The Morgan fingerprint density at radius 3 is 2.58 bits per heavy atom. The van der Waals surface area contributed by atoms with Crippen LogP contribution in [0.4, 0.5) is 0 Å². The minimum Gasteiger partial charge on any atom is -0.308 e. The highest BCUT2D eigenvalue weighted by Crippen LogP contribution is 2.25. The maximum atomic E-state index is 4.36. The molecule has 19 heavy (non-hydrogen) atoms. The molecule has 0 amide bonds. The highest BCUT2D eigenvalue weighted by Gasteiger charge is 2.20. The number of hydrogen-bond donors (Lipinski definition) is 1. The van der Waals surface area contributed by atoms with Gasteiger partial charge < -0.3 is 5.32 Å². The molecule has 0 aliphatic rings. The van der Waals surface area contributed by atoms with E-state index in [1.54, 1.807) is 0 Å². The fraction of sp³-hybridized carbons (Fsp3) is 0.438. The first-order chi connectivity index (χ1) is 9.22. The highest BCUT2D eigenvalue weighted by molar-refractivity contribution is 5.25. The molecular formula is C16H23N3. The quantitative estimate of drug-likeness (QED) is 0.858. The van der Waals surface area contributed by atoms with Crippen molar-refractivity contribution in [1.82, 2.24) is 15.1 Å². The van der Waals surface area contributed by atoms with E-state index in [-0.39, 0.29) is 0 Å². The van der Waals surface area contributed by atoms with Crippen LogP contribution in [-0.4, -0.2) is 16.3 Å². The number of nitrogens with zero attached hydrogens (tertiary/aromatic N) is 2. The van der Waals surface area contributed by atoms with Crippen molar-refractivity contribution in [2.75, 3.05) is 6.54 Å². The lowest BCUT2D eigenvalue weighted by atomic mass is 9.99. The first kappa shape index (κ1) is 13.8. The lowest BCUT2D eigenvalue weighted by Gasteiger charge is -2.26. The van der Waals surface area contributed by atoms with Crippen molar-refractivity contribution in [1.29, 1.82) is 0 Å². The lowest BCUT2D eigenvalue weighted by Crippen LogP contribution is -2.29. The van der Waals surface area contributed by atoms with E-state index in [0.717, 1.165) is 13.0 Å². The second-order valence-corrected chi connectivity index (χ2v) is 5.07. The van der Waals surface area contributed by atoms with Crippen LogP contribution in [0.15, 0.2) is 42.7 Å². The van der Waals surface area contributed by atoms with E-state index in [1.807, 2.05) is 23.1 Å². The molecule has 0 bridgehead atoms. The van der Waals surface area contributed by atoms with Gasteiger partial charge in [0.2, 0.25) is 0 Å². The predicted octanol–water partition coefficient (Wildman–Crippen LogP) is 3.49. The average molecular weight is 257 g/mol. The number of rotatable bonds is 6. The molecule has 2 aromatic rings. The van der Waals surface area contributed by atoms with Gasteiger partial charge in [-0.05, 0) is 38.4 Å². The van der Waals surface area contributed by atoms with Crippen molar-refractivity contribution in [3.8, 4) is 0 Å². The molecule has 3 nitrogen and oxygen atoms in total. The Bertz CT molecular complexity index is 473. The Morgan fingerprint density at radius 1 is 1.26 bits per heavy atom. The van der Waals surface area contributed by atoms with Gasteiger partial charge in [-0.25, -0.2) is 0 Å². The third kappa shape index (κ3) is 3.44. The van der Waals surface area contributed by atoms with Crippen LogP contribution in [0.5, 0.6) is 0 Å². The zero-order valence-electron chi connectivity index (χ0n) is 12.0. The zero-order valence-corrected chi connectivity index (χ0v) is 12.0. The Balaban J connectivity index is 2.22. The largest absolute Gasteiger partial charge is 0.308 e. The maximum absolute atomic E-state index is 4.36. The van der Waals surface area contributed by atoms with Crippen LogP contribution in [0.2, 0.25) is 0 Å². The van der Waals surface area contributed by atoms with E-state index in [9.17, 15) is 0 Å². The topological polar surface area (TPSA) is 29.9 Å². The number of nitrogens with one attached hydrogen (secondary N) is 1. The molecule has 1 aromatic carbocycles. The summed E-state index contributed by atoms with van der Waals surface area (Å²) >= 11 is 0. The van der Waals surface area contributed by atoms with E-state index >= 15 is 0 Å². The van der Waals surface area contributed by atoms with Gasteiger partial charge in [0, 0.05) is 12.4 Å². The van der Waals surface area contributed by atoms with Crippen LogP contribution in [0.1, 0.15) is 43.5 Å². The van der Waals surface area contributed by atoms with E-state index < -0.39 is 0 Å². The van der Waals surface area contributed by atoms with Crippen LogP contribution >= 0.6 is 0 Å². The highest BCUT2D eigenvalue weighted by atomic mass is 15.3. The normalized spacial score (nSPS) is 14.3. The molecule has 2 unspecified atom stereocenters. The van der Waals surface area contributed by atoms with Crippen molar-refractivity contribution in [2.45, 2.75) is 39.3 Å². The summed E-state index contributed by atoms with van der Waals surface area (Å²) in [6.45, 7) is 7.54. The number of aromatic nitrogens is 2. The summed E-state index contributed by atoms with van der Waals surface area (Å²) < 4.78 is 2.02. The monoisotopic (exact) mass is 257 g/mol. The lowest BCUT2D eigenvalue weighted by molar-refractivity contribution is 0.354. The van der Waals surface area contributed by atoms with Gasteiger partial charge in [0.1, 0.15) is 0 Å². The molecule has 2 atom stereocenters. The second-order valence-electron chi connectivity index (χ2n) is 5.07. The molecule has 2 rings (SSSR count). The summed E-state index contributed by atoms with van der Waals surface area (Å²) in [6, 6.07) is 11.3. The van der Waals surface area contributed by atoms with Gasteiger partial charge in [-0.2, -0.15) is 5.10 Å². The van der Waals surface area contributed by atoms with Gasteiger partial charge in [0.25, 0.3) is 0 Å². The van der Waals surface area contributed by atoms with E-state index in [0.29, 0.717) is 12.1 Å². The number of benzene rings is 1. The fourth-order valence-corrected chi connectivity index (χ4v) is 2.31. The van der Waals surface area contributed by atoms with Crippen LogP contribution in [-0.2, 0) is 0 Å². The van der Waals surface area contributed by atoms with E-state index in [2.05, 4.69) is 55.5 Å². The van der Waals surface area contributed by atoms with Gasteiger partial charge in [0.15, 0.2) is 0 Å². The van der Waals surface area contributed by atoms with Gasteiger partial charge in [-0.15, -0.1) is 0 Å². The molecule has 0 fully saturated rings. The molecule has 3 heteroatoms. The van der Waals surface area contributed by atoms with E-state index in [1.165, 1.54) is 11.1 Å². The summed E-state index contributed by atoms with van der Waals surface area (Å²) in [4.78, 5) is 0. The molecule has 1 aromatic heterocycles. The minimum absolute atomic E-state index is 0.292. The second kappa shape index (κ2) is 6.53. The maximum Gasteiger partial charge on any atom is 0.0685 e. The van der Waals surface area contributed by atoms with Gasteiger partial charge in [-0.1, -0.05) is 36.8 Å². The van der Waals surface area contributed by atoms with Crippen LogP contribution < -0.4 is 5.32 Å². The van der Waals surface area contributed by atoms with Crippen molar-refractivity contribution >= 4 is 0 Å². The average Bonchev–Trinajstić information content (AvgIpc) is 2.95. The molecule has 0 spiro atoms. The summed E-state index contributed by atoms with van der Waals surface area (Å²) in [5.74, 6) is 0. The fourth-order valence-electron chi connectivity index (χ4n) is 2.31. The van der Waals surface area contributed by atoms with Crippen LogP contribution in [0, 0.1) is 6.92 Å². The first-order valence-corrected chi connectivity index (χ1v) is 7.01. The summed E-state index contributed by atoms with van der Waals surface area (Å²) in [7, 11) is 0. The number of aryl methyl sites for hydroxylation is 1. The van der Waals surface area contributed by atoms with Crippen molar-refractivity contribution in [2.24, 2.45) is 0 Å².